The molecule has 4 aromatic rings. The van der Waals surface area contributed by atoms with Crippen LogP contribution in [0.15, 0.2) is 101 Å². The molecule has 0 spiro atoms. The van der Waals surface area contributed by atoms with Crippen molar-refractivity contribution in [1.29, 1.82) is 0 Å². The first-order valence-electron chi connectivity index (χ1n) is 11.9. The van der Waals surface area contributed by atoms with E-state index in [0.717, 1.165) is 5.56 Å². The standard InChI is InChI=1S/C29H22ClN3O4S2/c1-2-16-37-22-14-10-19(11-15-22)24-23(25(34)20-6-4-3-5-7-20)26(35)27(36)33(24)28-31-32-29(39-28)38-17-18-8-12-21(30)13-9-18/h2-15,24,34H,1,16-17H2/b25-23-. The number of rotatable bonds is 9. The van der Waals surface area contributed by atoms with Crippen molar-refractivity contribution < 1.29 is 19.4 Å². The number of carbonyl (C=O) groups excluding carboxylic acids is 2. The van der Waals surface area contributed by atoms with Gasteiger partial charge >= 0.3 is 5.91 Å². The van der Waals surface area contributed by atoms with E-state index in [1.54, 1.807) is 60.7 Å². The Bertz CT molecular complexity index is 1540. The second-order valence-corrected chi connectivity index (χ2v) is 11.1. The van der Waals surface area contributed by atoms with Gasteiger partial charge in [-0.15, -0.1) is 10.2 Å². The molecule has 1 aliphatic rings. The Labute approximate surface area is 238 Å². The van der Waals surface area contributed by atoms with E-state index in [9.17, 15) is 14.7 Å². The number of benzene rings is 3. The van der Waals surface area contributed by atoms with E-state index >= 15 is 0 Å². The monoisotopic (exact) mass is 575 g/mol. The molecule has 1 atom stereocenters. The van der Waals surface area contributed by atoms with E-state index in [0.29, 0.717) is 38.6 Å². The summed E-state index contributed by atoms with van der Waals surface area (Å²) >= 11 is 8.65. The fraction of sp³-hybridized carbons (Fsp3) is 0.103. The molecular weight excluding hydrogens is 554 g/mol. The van der Waals surface area contributed by atoms with Crippen molar-refractivity contribution in [2.75, 3.05) is 11.5 Å². The van der Waals surface area contributed by atoms with Crippen LogP contribution in [0.2, 0.25) is 5.02 Å². The summed E-state index contributed by atoms with van der Waals surface area (Å²) < 4.78 is 6.22. The Kier molecular flexibility index (Phi) is 8.11. The van der Waals surface area contributed by atoms with Crippen molar-refractivity contribution in [2.45, 2.75) is 16.1 Å². The molecule has 1 saturated heterocycles. The average Bonchev–Trinajstić information content (AvgIpc) is 3.54. The molecule has 3 aromatic carbocycles. The molecule has 0 bridgehead atoms. The Morgan fingerprint density at radius 1 is 1.05 bits per heavy atom. The van der Waals surface area contributed by atoms with Crippen LogP contribution in [0.25, 0.3) is 5.76 Å². The number of aromatic nitrogens is 2. The van der Waals surface area contributed by atoms with Gasteiger partial charge in [0.2, 0.25) is 5.13 Å². The predicted octanol–water partition coefficient (Wildman–Crippen LogP) is 6.67. The summed E-state index contributed by atoms with van der Waals surface area (Å²) in [6, 6.07) is 22.3. The van der Waals surface area contributed by atoms with Gasteiger partial charge in [-0.25, -0.2) is 0 Å². The topological polar surface area (TPSA) is 92.6 Å². The summed E-state index contributed by atoms with van der Waals surface area (Å²) in [6.07, 6.45) is 1.64. The zero-order valence-electron chi connectivity index (χ0n) is 20.5. The highest BCUT2D eigenvalue weighted by Gasteiger charge is 2.48. The quantitative estimate of drug-likeness (QED) is 0.0594. The zero-order chi connectivity index (χ0) is 27.4. The largest absolute Gasteiger partial charge is 0.507 e. The summed E-state index contributed by atoms with van der Waals surface area (Å²) in [4.78, 5) is 28.0. The Morgan fingerprint density at radius 2 is 1.77 bits per heavy atom. The van der Waals surface area contributed by atoms with Crippen LogP contribution in [-0.4, -0.2) is 33.6 Å². The highest BCUT2D eigenvalue weighted by molar-refractivity contribution is 8.00. The number of ether oxygens (including phenoxy) is 1. The number of anilines is 1. The molecule has 7 nitrogen and oxygen atoms in total. The molecule has 2 heterocycles. The smallest absolute Gasteiger partial charge is 0.301 e. The molecule has 1 N–H and O–H groups in total. The van der Waals surface area contributed by atoms with Crippen LogP contribution in [-0.2, 0) is 15.3 Å². The molecule has 39 heavy (non-hydrogen) atoms. The Hall–Kier alpha value is -3.92. The van der Waals surface area contributed by atoms with Gasteiger partial charge in [-0.2, -0.15) is 0 Å². The number of aliphatic hydroxyl groups is 1. The number of hydrogen-bond donors (Lipinski definition) is 1. The summed E-state index contributed by atoms with van der Waals surface area (Å²) in [5, 5.41) is 20.6. The van der Waals surface area contributed by atoms with E-state index in [4.69, 9.17) is 16.3 Å². The van der Waals surface area contributed by atoms with Gasteiger partial charge in [0.05, 0.1) is 11.6 Å². The van der Waals surface area contributed by atoms with E-state index < -0.39 is 17.7 Å². The molecule has 0 radical (unpaired) electrons. The highest BCUT2D eigenvalue weighted by atomic mass is 35.5. The number of nitrogens with zero attached hydrogens (tertiary/aromatic N) is 3. The molecule has 1 unspecified atom stereocenters. The summed E-state index contributed by atoms with van der Waals surface area (Å²) in [7, 11) is 0. The first-order valence-corrected chi connectivity index (χ1v) is 14.0. The fourth-order valence-electron chi connectivity index (χ4n) is 4.08. The Balaban J connectivity index is 1.51. The van der Waals surface area contributed by atoms with Crippen LogP contribution in [0.4, 0.5) is 5.13 Å². The number of Topliss-reactive ketones (excluding diaryl/α,β-unsaturated/α-hetero) is 1. The zero-order valence-corrected chi connectivity index (χ0v) is 22.9. The van der Waals surface area contributed by atoms with Crippen molar-refractivity contribution in [1.82, 2.24) is 10.2 Å². The molecule has 0 aliphatic carbocycles. The average molecular weight is 576 g/mol. The van der Waals surface area contributed by atoms with E-state index in [2.05, 4.69) is 16.8 Å². The number of ketones is 1. The molecule has 5 rings (SSSR count). The van der Waals surface area contributed by atoms with E-state index in [1.807, 2.05) is 24.3 Å². The number of halogens is 1. The second kappa shape index (κ2) is 11.9. The van der Waals surface area contributed by atoms with Crippen molar-refractivity contribution in [2.24, 2.45) is 0 Å². The van der Waals surface area contributed by atoms with Crippen molar-refractivity contribution in [3.05, 3.63) is 119 Å². The van der Waals surface area contributed by atoms with Crippen LogP contribution in [0.1, 0.15) is 22.7 Å². The van der Waals surface area contributed by atoms with Crippen molar-refractivity contribution >= 4 is 57.3 Å². The van der Waals surface area contributed by atoms with Crippen LogP contribution in [0.3, 0.4) is 0 Å². The SMILES string of the molecule is C=CCOc1ccc(C2/C(=C(/O)c3ccccc3)C(=O)C(=O)N2c2nnc(SCc3ccc(Cl)cc3)s2)cc1. The van der Waals surface area contributed by atoms with Gasteiger partial charge in [-0.1, -0.05) is 102 Å². The lowest BCUT2D eigenvalue weighted by atomic mass is 9.95. The molecule has 1 aromatic heterocycles. The maximum atomic E-state index is 13.4. The molecule has 1 fully saturated rings. The van der Waals surface area contributed by atoms with Gasteiger partial charge in [-0.05, 0) is 35.4 Å². The van der Waals surface area contributed by atoms with Gasteiger partial charge in [0.25, 0.3) is 5.78 Å². The van der Waals surface area contributed by atoms with Crippen LogP contribution in [0.5, 0.6) is 5.75 Å². The molecule has 1 aliphatic heterocycles. The van der Waals surface area contributed by atoms with Gasteiger partial charge in [-0.3, -0.25) is 14.5 Å². The van der Waals surface area contributed by atoms with Crippen LogP contribution in [0, 0.1) is 0 Å². The molecular formula is C29H22ClN3O4S2. The maximum Gasteiger partial charge on any atom is 0.301 e. The first-order chi connectivity index (χ1) is 19.0. The lowest BCUT2D eigenvalue weighted by molar-refractivity contribution is -0.132. The lowest BCUT2D eigenvalue weighted by Gasteiger charge is -2.22. The van der Waals surface area contributed by atoms with Gasteiger partial charge < -0.3 is 9.84 Å². The van der Waals surface area contributed by atoms with Crippen LogP contribution >= 0.6 is 34.7 Å². The molecule has 0 saturated carbocycles. The summed E-state index contributed by atoms with van der Waals surface area (Å²) in [5.74, 6) is -0.590. The number of thioether (sulfide) groups is 1. The third kappa shape index (κ3) is 5.75. The third-order valence-corrected chi connectivity index (χ3v) is 8.31. The van der Waals surface area contributed by atoms with E-state index in [1.165, 1.54) is 28.0 Å². The molecule has 10 heteroatoms. The first kappa shape index (κ1) is 26.7. The number of hydrogen-bond acceptors (Lipinski definition) is 8. The maximum absolute atomic E-state index is 13.4. The lowest BCUT2D eigenvalue weighted by Crippen LogP contribution is -2.29. The van der Waals surface area contributed by atoms with Gasteiger partial charge in [0, 0.05) is 16.3 Å². The fourth-order valence-corrected chi connectivity index (χ4v) is 6.03. The number of carbonyl (C=O) groups is 2. The minimum absolute atomic E-state index is 0.0171. The third-order valence-electron chi connectivity index (χ3n) is 5.93. The summed E-state index contributed by atoms with van der Waals surface area (Å²) in [6.45, 7) is 3.99. The molecule has 196 valence electrons. The number of amides is 1. The minimum Gasteiger partial charge on any atom is -0.507 e. The predicted molar refractivity (Wildman–Crippen MR) is 154 cm³/mol. The normalized spacial score (nSPS) is 16.4. The second-order valence-electron chi connectivity index (χ2n) is 8.47. The Morgan fingerprint density at radius 3 is 2.46 bits per heavy atom. The summed E-state index contributed by atoms with van der Waals surface area (Å²) in [5.41, 5.74) is 2.09. The van der Waals surface area contributed by atoms with Crippen LogP contribution < -0.4 is 9.64 Å². The number of aliphatic hydroxyl groups excluding tert-OH is 1. The minimum atomic E-state index is -0.902. The van der Waals surface area contributed by atoms with Crippen molar-refractivity contribution in [3.63, 3.8) is 0 Å². The van der Waals surface area contributed by atoms with E-state index in [-0.39, 0.29) is 16.5 Å². The van der Waals surface area contributed by atoms with Gasteiger partial charge in [0.15, 0.2) is 4.34 Å². The van der Waals surface area contributed by atoms with Crippen molar-refractivity contribution in [3.8, 4) is 5.75 Å². The molecule has 1 amide bonds. The van der Waals surface area contributed by atoms with Gasteiger partial charge in [0.1, 0.15) is 18.1 Å². The highest BCUT2D eigenvalue weighted by Crippen LogP contribution is 2.44.